The van der Waals surface area contributed by atoms with Crippen LogP contribution in [0.15, 0.2) is 12.2 Å². The van der Waals surface area contributed by atoms with E-state index in [0.717, 1.165) is 6.29 Å². The molecule has 0 spiro atoms. The molecule has 7 atom stereocenters. The van der Waals surface area contributed by atoms with E-state index >= 15 is 0 Å². The van der Waals surface area contributed by atoms with Crippen molar-refractivity contribution < 1.29 is 33.4 Å². The SMILES string of the molecule is CCOC(=O)[C@@H]1[C@H](OC(C)=O)C[C@@H]2O[C@@H](C)C(=O)[C@@H]3CC=C[C@@H]1[C@]23C=O. The summed E-state index contributed by atoms with van der Waals surface area (Å²) in [4.78, 5) is 49.3. The van der Waals surface area contributed by atoms with Gasteiger partial charge in [-0.3, -0.25) is 14.4 Å². The van der Waals surface area contributed by atoms with Crippen molar-refractivity contribution in [3.8, 4) is 0 Å². The molecule has 0 unspecified atom stereocenters. The van der Waals surface area contributed by atoms with Gasteiger partial charge in [-0.15, -0.1) is 0 Å². The van der Waals surface area contributed by atoms with Crippen LogP contribution in [0.3, 0.4) is 0 Å². The third-order valence-corrected chi connectivity index (χ3v) is 5.88. The number of carbonyl (C=O) groups is 4. The fourth-order valence-corrected chi connectivity index (χ4v) is 4.87. The van der Waals surface area contributed by atoms with Gasteiger partial charge in [0.25, 0.3) is 0 Å². The highest BCUT2D eigenvalue weighted by molar-refractivity contribution is 5.91. The van der Waals surface area contributed by atoms with Crippen LogP contribution in [0.2, 0.25) is 0 Å². The number of carbonyl (C=O) groups excluding carboxylic acids is 4. The van der Waals surface area contributed by atoms with Gasteiger partial charge in [0.15, 0.2) is 5.78 Å². The van der Waals surface area contributed by atoms with Gasteiger partial charge >= 0.3 is 11.9 Å². The number of esters is 2. The maximum Gasteiger partial charge on any atom is 0.313 e. The zero-order valence-electron chi connectivity index (χ0n) is 15.2. The minimum atomic E-state index is -1.13. The average molecular weight is 364 g/mol. The zero-order valence-corrected chi connectivity index (χ0v) is 15.2. The highest BCUT2D eigenvalue weighted by Gasteiger charge is 2.66. The molecule has 0 aromatic heterocycles. The van der Waals surface area contributed by atoms with Crippen molar-refractivity contribution in [2.75, 3.05) is 6.61 Å². The van der Waals surface area contributed by atoms with Gasteiger partial charge in [-0.05, 0) is 20.3 Å². The van der Waals surface area contributed by atoms with Crippen LogP contribution in [0.5, 0.6) is 0 Å². The van der Waals surface area contributed by atoms with Crippen LogP contribution in [-0.2, 0) is 33.4 Å². The van der Waals surface area contributed by atoms with Gasteiger partial charge in [0.05, 0.1) is 18.1 Å². The van der Waals surface area contributed by atoms with E-state index < -0.39 is 53.4 Å². The number of hydrogen-bond donors (Lipinski definition) is 0. The summed E-state index contributed by atoms with van der Waals surface area (Å²) in [6, 6.07) is 0. The number of rotatable bonds is 4. The van der Waals surface area contributed by atoms with E-state index in [2.05, 4.69) is 0 Å². The Hall–Kier alpha value is -2.02. The molecule has 142 valence electrons. The summed E-state index contributed by atoms with van der Waals surface area (Å²) in [7, 11) is 0. The molecule has 3 rings (SSSR count). The van der Waals surface area contributed by atoms with Crippen molar-refractivity contribution in [1.82, 2.24) is 0 Å². The number of allylic oxidation sites excluding steroid dienone is 2. The maximum absolute atomic E-state index is 12.7. The Morgan fingerprint density at radius 1 is 1.42 bits per heavy atom. The average Bonchev–Trinajstić information content (AvgIpc) is 2.59. The molecule has 0 amide bonds. The fraction of sp³-hybridized carbons (Fsp3) is 0.684. The third kappa shape index (κ3) is 2.69. The second-order valence-electron chi connectivity index (χ2n) is 7.19. The molecular weight excluding hydrogens is 340 g/mol. The Labute approximate surface area is 152 Å². The molecule has 0 aromatic rings. The molecule has 0 radical (unpaired) electrons. The van der Waals surface area contributed by atoms with Gasteiger partial charge in [0.2, 0.25) is 0 Å². The maximum atomic E-state index is 12.7. The van der Waals surface area contributed by atoms with Crippen LogP contribution < -0.4 is 0 Å². The number of hydrogen-bond acceptors (Lipinski definition) is 7. The van der Waals surface area contributed by atoms with Crippen molar-refractivity contribution in [2.24, 2.45) is 23.2 Å². The van der Waals surface area contributed by atoms with Crippen molar-refractivity contribution in [3.63, 3.8) is 0 Å². The Balaban J connectivity index is 2.09. The predicted molar refractivity (Wildman–Crippen MR) is 88.9 cm³/mol. The summed E-state index contributed by atoms with van der Waals surface area (Å²) in [6.07, 6.45) is 3.00. The third-order valence-electron chi connectivity index (χ3n) is 5.88. The summed E-state index contributed by atoms with van der Waals surface area (Å²) >= 11 is 0. The highest BCUT2D eigenvalue weighted by Crippen LogP contribution is 2.57. The topological polar surface area (TPSA) is 96.0 Å². The van der Waals surface area contributed by atoms with Crippen molar-refractivity contribution >= 4 is 24.0 Å². The van der Waals surface area contributed by atoms with Crippen LogP contribution in [0.4, 0.5) is 0 Å². The van der Waals surface area contributed by atoms with Crippen LogP contribution in [0, 0.1) is 23.2 Å². The summed E-state index contributed by atoms with van der Waals surface area (Å²) < 4.78 is 16.5. The normalized spacial score (nSPS) is 41.1. The molecule has 7 nitrogen and oxygen atoms in total. The van der Waals surface area contributed by atoms with Crippen molar-refractivity contribution in [2.45, 2.75) is 51.9 Å². The lowest BCUT2D eigenvalue weighted by atomic mass is 9.50. The van der Waals surface area contributed by atoms with E-state index in [4.69, 9.17) is 14.2 Å². The van der Waals surface area contributed by atoms with E-state index in [1.54, 1.807) is 19.9 Å². The number of ether oxygens (including phenoxy) is 3. The van der Waals surface area contributed by atoms with Crippen molar-refractivity contribution in [1.29, 1.82) is 0 Å². The van der Waals surface area contributed by atoms with Crippen LogP contribution >= 0.6 is 0 Å². The molecule has 1 saturated heterocycles. The molecule has 0 N–H and O–H groups in total. The summed E-state index contributed by atoms with van der Waals surface area (Å²) in [5.74, 6) is -3.17. The standard InChI is InChI=1S/C19H24O7/c1-4-24-18(23)16-12-6-5-7-13-17(22)10(2)25-15(19(12,13)9-20)8-14(16)26-11(3)21/h5-6,9-10,12-16H,4,7-8H2,1-3H3/t10-,12-,13-,14+,15-,16-,19-/m0/s1. The van der Waals surface area contributed by atoms with Crippen molar-refractivity contribution in [3.05, 3.63) is 12.2 Å². The second-order valence-corrected chi connectivity index (χ2v) is 7.19. The Kier molecular flexibility index (Phi) is 5.01. The van der Waals surface area contributed by atoms with E-state index in [0.29, 0.717) is 6.42 Å². The number of aldehydes is 1. The first-order valence-electron chi connectivity index (χ1n) is 9.02. The Bertz CT molecular complexity index is 654. The molecule has 2 fully saturated rings. The molecular formula is C19H24O7. The lowest BCUT2D eigenvalue weighted by molar-refractivity contribution is -0.218. The fourth-order valence-electron chi connectivity index (χ4n) is 4.87. The molecule has 2 aliphatic carbocycles. The van der Waals surface area contributed by atoms with Crippen LogP contribution in [-0.4, -0.2) is 48.9 Å². The Morgan fingerprint density at radius 2 is 2.15 bits per heavy atom. The van der Waals surface area contributed by atoms with Gasteiger partial charge in [-0.1, -0.05) is 12.2 Å². The van der Waals surface area contributed by atoms with Gasteiger partial charge in [0.1, 0.15) is 24.4 Å². The van der Waals surface area contributed by atoms with E-state index in [1.807, 2.05) is 6.08 Å². The number of ketones is 1. The summed E-state index contributed by atoms with van der Waals surface area (Å²) in [6.45, 7) is 4.81. The predicted octanol–water partition coefficient (Wildman–Crippen LogP) is 1.24. The van der Waals surface area contributed by atoms with Crippen LogP contribution in [0.25, 0.3) is 0 Å². The zero-order chi connectivity index (χ0) is 19.1. The lowest BCUT2D eigenvalue weighted by Gasteiger charge is -2.57. The van der Waals surface area contributed by atoms with Crippen LogP contribution in [0.1, 0.15) is 33.6 Å². The molecule has 0 bridgehead atoms. The summed E-state index contributed by atoms with van der Waals surface area (Å²) in [5.41, 5.74) is -1.13. The first kappa shape index (κ1) is 18.8. The molecule has 7 heteroatoms. The van der Waals surface area contributed by atoms with E-state index in [-0.39, 0.29) is 18.8 Å². The van der Waals surface area contributed by atoms with Gasteiger partial charge < -0.3 is 19.0 Å². The lowest BCUT2D eigenvalue weighted by Crippen LogP contribution is -2.67. The summed E-state index contributed by atoms with van der Waals surface area (Å²) in [5, 5.41) is 0. The first-order chi connectivity index (χ1) is 12.4. The first-order valence-corrected chi connectivity index (χ1v) is 9.02. The van der Waals surface area contributed by atoms with E-state index in [9.17, 15) is 19.2 Å². The minimum Gasteiger partial charge on any atom is -0.466 e. The van der Waals surface area contributed by atoms with Gasteiger partial charge in [-0.25, -0.2) is 0 Å². The molecule has 26 heavy (non-hydrogen) atoms. The molecule has 1 aliphatic heterocycles. The second kappa shape index (κ2) is 6.95. The van der Waals surface area contributed by atoms with E-state index in [1.165, 1.54) is 6.92 Å². The van der Waals surface area contributed by atoms with Gasteiger partial charge in [-0.2, -0.15) is 0 Å². The molecule has 1 saturated carbocycles. The minimum absolute atomic E-state index is 0.128. The quantitative estimate of drug-likeness (QED) is 0.421. The monoisotopic (exact) mass is 364 g/mol. The van der Waals surface area contributed by atoms with Gasteiger partial charge in [0, 0.05) is 25.2 Å². The molecule has 3 aliphatic rings. The smallest absolute Gasteiger partial charge is 0.313 e. The highest BCUT2D eigenvalue weighted by atomic mass is 16.6. The molecule has 1 heterocycles. The largest absolute Gasteiger partial charge is 0.466 e. The molecule has 0 aromatic carbocycles. The number of Topliss-reactive ketones (excluding diaryl/α,β-unsaturated/α-hetero) is 1. The Morgan fingerprint density at radius 3 is 2.77 bits per heavy atom.